The zero-order valence-electron chi connectivity index (χ0n) is 14.7. The van der Waals surface area contributed by atoms with Crippen molar-refractivity contribution in [3.63, 3.8) is 0 Å². The predicted octanol–water partition coefficient (Wildman–Crippen LogP) is 2.85. The van der Waals surface area contributed by atoms with Crippen molar-refractivity contribution < 1.29 is 17.9 Å². The van der Waals surface area contributed by atoms with Gasteiger partial charge in [-0.1, -0.05) is 24.3 Å². The molecule has 0 saturated heterocycles. The van der Waals surface area contributed by atoms with E-state index in [2.05, 4.69) is 11.4 Å². The molecule has 1 aliphatic rings. The molecule has 138 valence electrons. The fourth-order valence-electron chi connectivity index (χ4n) is 3.59. The Morgan fingerprint density at radius 2 is 1.81 bits per heavy atom. The van der Waals surface area contributed by atoms with Crippen LogP contribution in [0.5, 0.6) is 5.75 Å². The van der Waals surface area contributed by atoms with Gasteiger partial charge in [-0.05, 0) is 53.6 Å². The standard InChI is InChI=1S/C20H18N2O4S/c1-26-18-10-8-14(27(21,24)25)11-16(18)20(23)22-17-9-7-13-6-5-12-3-2-4-15(17)19(12)13/h2-4,7-11H,5-6H2,1H3,(H,22,23)(H2,21,24,25). The van der Waals surface area contributed by atoms with E-state index < -0.39 is 15.9 Å². The molecule has 0 fully saturated rings. The molecule has 3 N–H and O–H groups in total. The van der Waals surface area contributed by atoms with Crippen molar-refractivity contribution in [3.05, 3.63) is 65.2 Å². The Morgan fingerprint density at radius 3 is 2.52 bits per heavy atom. The van der Waals surface area contributed by atoms with E-state index in [0.717, 1.165) is 18.2 Å². The summed E-state index contributed by atoms with van der Waals surface area (Å²) in [4.78, 5) is 12.7. The van der Waals surface area contributed by atoms with Gasteiger partial charge in [0.2, 0.25) is 10.0 Å². The Balaban J connectivity index is 1.77. The van der Waals surface area contributed by atoms with Crippen molar-refractivity contribution in [2.24, 2.45) is 5.14 Å². The first-order valence-electron chi connectivity index (χ1n) is 8.44. The van der Waals surface area contributed by atoms with Gasteiger partial charge in [-0.2, -0.15) is 0 Å². The van der Waals surface area contributed by atoms with E-state index in [1.54, 1.807) is 0 Å². The molecule has 1 amide bonds. The Kier molecular flexibility index (Phi) is 4.13. The maximum atomic E-state index is 12.9. The highest BCUT2D eigenvalue weighted by molar-refractivity contribution is 7.89. The number of methoxy groups -OCH3 is 1. The van der Waals surface area contributed by atoms with Gasteiger partial charge < -0.3 is 10.1 Å². The van der Waals surface area contributed by atoms with Crippen LogP contribution in [0.3, 0.4) is 0 Å². The largest absolute Gasteiger partial charge is 0.496 e. The molecule has 0 aromatic heterocycles. The normalized spacial score (nSPS) is 13.0. The maximum absolute atomic E-state index is 12.9. The molecule has 27 heavy (non-hydrogen) atoms. The molecule has 7 heteroatoms. The van der Waals surface area contributed by atoms with Gasteiger partial charge in [-0.25, -0.2) is 13.6 Å². The van der Waals surface area contributed by atoms with Gasteiger partial charge >= 0.3 is 0 Å². The molecule has 1 aliphatic carbocycles. The number of hydrogen-bond donors (Lipinski definition) is 2. The second kappa shape index (κ2) is 6.37. The minimum Gasteiger partial charge on any atom is -0.496 e. The van der Waals surface area contributed by atoms with Crippen molar-refractivity contribution in [1.82, 2.24) is 0 Å². The highest BCUT2D eigenvalue weighted by Gasteiger charge is 2.20. The third-order valence-corrected chi connectivity index (χ3v) is 5.78. The van der Waals surface area contributed by atoms with Gasteiger partial charge in [0.1, 0.15) is 5.75 Å². The maximum Gasteiger partial charge on any atom is 0.259 e. The van der Waals surface area contributed by atoms with E-state index in [4.69, 9.17) is 9.88 Å². The summed E-state index contributed by atoms with van der Waals surface area (Å²) in [5.41, 5.74) is 3.32. The number of aryl methyl sites for hydroxylation is 2. The Bertz CT molecular complexity index is 1180. The molecule has 6 nitrogen and oxygen atoms in total. The molecule has 0 atom stereocenters. The first-order chi connectivity index (χ1) is 12.9. The number of amides is 1. The summed E-state index contributed by atoms with van der Waals surface area (Å²) in [5, 5.41) is 10.2. The summed E-state index contributed by atoms with van der Waals surface area (Å²) in [6, 6.07) is 13.9. The zero-order valence-corrected chi connectivity index (χ0v) is 15.5. The zero-order chi connectivity index (χ0) is 19.2. The molecule has 3 aromatic rings. The van der Waals surface area contributed by atoms with Crippen LogP contribution in [0.25, 0.3) is 10.8 Å². The molecular weight excluding hydrogens is 364 g/mol. The van der Waals surface area contributed by atoms with Gasteiger partial charge in [0.05, 0.1) is 17.6 Å². The second-order valence-corrected chi connectivity index (χ2v) is 8.03. The van der Waals surface area contributed by atoms with Crippen LogP contribution < -0.4 is 15.2 Å². The van der Waals surface area contributed by atoms with Crippen LogP contribution in [-0.2, 0) is 22.9 Å². The molecule has 0 heterocycles. The minimum atomic E-state index is -3.93. The van der Waals surface area contributed by atoms with Crippen molar-refractivity contribution in [2.45, 2.75) is 17.7 Å². The van der Waals surface area contributed by atoms with Crippen LogP contribution in [0.1, 0.15) is 21.5 Å². The summed E-state index contributed by atoms with van der Waals surface area (Å²) in [6.07, 6.45) is 1.99. The lowest BCUT2D eigenvalue weighted by atomic mass is 10.0. The Hall–Kier alpha value is -2.90. The lowest BCUT2D eigenvalue weighted by Gasteiger charge is -2.13. The molecular formula is C20H18N2O4S. The molecule has 0 spiro atoms. The quantitative estimate of drug-likeness (QED) is 0.725. The van der Waals surface area contributed by atoms with Gasteiger partial charge in [0, 0.05) is 11.1 Å². The number of carbonyl (C=O) groups excluding carboxylic acids is 1. The van der Waals surface area contributed by atoms with Crippen LogP contribution in [0.2, 0.25) is 0 Å². The predicted molar refractivity (Wildman–Crippen MR) is 104 cm³/mol. The number of primary sulfonamides is 1. The topological polar surface area (TPSA) is 98.5 Å². The number of ether oxygens (including phenoxy) is 1. The van der Waals surface area contributed by atoms with Crippen molar-refractivity contribution in [2.75, 3.05) is 12.4 Å². The number of anilines is 1. The third kappa shape index (κ3) is 3.05. The number of sulfonamides is 1. The number of rotatable bonds is 4. The van der Waals surface area contributed by atoms with Gasteiger partial charge in [-0.3, -0.25) is 4.79 Å². The summed E-state index contributed by atoms with van der Waals surface area (Å²) in [6.45, 7) is 0. The smallest absolute Gasteiger partial charge is 0.259 e. The van der Waals surface area contributed by atoms with Crippen LogP contribution in [0.15, 0.2) is 53.4 Å². The van der Waals surface area contributed by atoms with E-state index in [1.807, 2.05) is 24.3 Å². The van der Waals surface area contributed by atoms with E-state index >= 15 is 0 Å². The fraction of sp³-hybridized carbons (Fsp3) is 0.150. The summed E-state index contributed by atoms with van der Waals surface area (Å²) < 4.78 is 28.5. The van der Waals surface area contributed by atoms with E-state index in [9.17, 15) is 13.2 Å². The minimum absolute atomic E-state index is 0.104. The van der Waals surface area contributed by atoms with Crippen LogP contribution >= 0.6 is 0 Å². The van der Waals surface area contributed by atoms with Gasteiger partial charge in [-0.15, -0.1) is 0 Å². The number of nitrogens with one attached hydrogen (secondary N) is 1. The second-order valence-electron chi connectivity index (χ2n) is 6.47. The number of nitrogens with two attached hydrogens (primary N) is 1. The Labute approximate surface area is 157 Å². The lowest BCUT2D eigenvalue weighted by molar-refractivity contribution is 0.102. The average molecular weight is 382 g/mol. The Morgan fingerprint density at radius 1 is 1.07 bits per heavy atom. The van der Waals surface area contributed by atoms with Crippen molar-refractivity contribution in [3.8, 4) is 5.75 Å². The number of benzene rings is 3. The summed E-state index contributed by atoms with van der Waals surface area (Å²) >= 11 is 0. The fourth-order valence-corrected chi connectivity index (χ4v) is 4.13. The summed E-state index contributed by atoms with van der Waals surface area (Å²) in [5.74, 6) is -0.193. The molecule has 4 rings (SSSR count). The highest BCUT2D eigenvalue weighted by atomic mass is 32.2. The number of carbonyl (C=O) groups is 1. The molecule has 0 bridgehead atoms. The third-order valence-electron chi connectivity index (χ3n) is 4.87. The molecule has 0 aliphatic heterocycles. The monoisotopic (exact) mass is 382 g/mol. The lowest BCUT2D eigenvalue weighted by Crippen LogP contribution is -2.17. The van der Waals surface area contributed by atoms with E-state index in [1.165, 1.54) is 41.8 Å². The van der Waals surface area contributed by atoms with Crippen LogP contribution in [0, 0.1) is 0 Å². The molecule has 3 aromatic carbocycles. The SMILES string of the molecule is COc1ccc(S(N)(=O)=O)cc1C(=O)Nc1ccc2c3c(cccc13)CC2. The van der Waals surface area contributed by atoms with Gasteiger partial charge in [0.15, 0.2) is 0 Å². The first kappa shape index (κ1) is 17.5. The van der Waals surface area contributed by atoms with Crippen molar-refractivity contribution in [1.29, 1.82) is 0 Å². The average Bonchev–Trinajstić information content (AvgIpc) is 3.07. The van der Waals surface area contributed by atoms with E-state index in [0.29, 0.717) is 5.69 Å². The molecule has 0 unspecified atom stereocenters. The van der Waals surface area contributed by atoms with Crippen LogP contribution in [0.4, 0.5) is 5.69 Å². The number of hydrogen-bond acceptors (Lipinski definition) is 4. The van der Waals surface area contributed by atoms with E-state index in [-0.39, 0.29) is 16.2 Å². The first-order valence-corrected chi connectivity index (χ1v) is 9.99. The summed E-state index contributed by atoms with van der Waals surface area (Å²) in [7, 11) is -2.51. The molecule has 0 saturated carbocycles. The highest BCUT2D eigenvalue weighted by Crippen LogP contribution is 2.35. The van der Waals surface area contributed by atoms with Crippen molar-refractivity contribution >= 4 is 32.4 Å². The van der Waals surface area contributed by atoms with Crippen LogP contribution in [-0.4, -0.2) is 21.4 Å². The van der Waals surface area contributed by atoms with Gasteiger partial charge in [0.25, 0.3) is 5.91 Å². The molecule has 0 radical (unpaired) electrons.